The van der Waals surface area contributed by atoms with Crippen LogP contribution in [0, 0.1) is 6.92 Å². The highest BCUT2D eigenvalue weighted by atomic mass is 35.5. The first kappa shape index (κ1) is 22.5. The Hall–Kier alpha value is -3.19. The second-order valence-corrected chi connectivity index (χ2v) is 8.26. The Morgan fingerprint density at radius 3 is 2.58 bits per heavy atom. The molecule has 0 saturated carbocycles. The molecule has 0 bridgehead atoms. The molecule has 0 saturated heterocycles. The molecule has 3 rings (SSSR count). The maximum Gasteiger partial charge on any atom is 0.265 e. The third-order valence-corrected chi connectivity index (χ3v) is 5.56. The second kappa shape index (κ2) is 10.7. The van der Waals surface area contributed by atoms with Crippen LogP contribution in [0.4, 0.5) is 0 Å². The van der Waals surface area contributed by atoms with Crippen molar-refractivity contribution in [2.45, 2.75) is 13.5 Å². The Kier molecular flexibility index (Phi) is 7.78. The third kappa shape index (κ3) is 6.15. The summed E-state index contributed by atoms with van der Waals surface area (Å²) in [5.41, 5.74) is 5.10. The molecule has 0 unspecified atom stereocenters. The molecule has 0 fully saturated rings. The molecule has 1 heterocycles. The number of amides is 1. The van der Waals surface area contributed by atoms with Crippen LogP contribution in [-0.4, -0.2) is 10.9 Å². The SMILES string of the molecule is C=C/C=C\c1nc(COc2ccc(/C(=C\c3ccc(Cl)cc3)C(=O)NN)cc2)sc1C. The number of nitrogens with two attached hydrogens (primary N) is 1. The Labute approximate surface area is 190 Å². The van der Waals surface area contributed by atoms with Crippen molar-refractivity contribution in [3.05, 3.63) is 99.0 Å². The van der Waals surface area contributed by atoms with E-state index in [2.05, 4.69) is 17.0 Å². The molecule has 1 amide bonds. The summed E-state index contributed by atoms with van der Waals surface area (Å²) in [6.07, 6.45) is 7.26. The predicted octanol–water partition coefficient (Wildman–Crippen LogP) is 5.41. The van der Waals surface area contributed by atoms with Gasteiger partial charge >= 0.3 is 0 Å². The monoisotopic (exact) mass is 451 g/mol. The van der Waals surface area contributed by atoms with Crippen LogP contribution in [0.25, 0.3) is 17.7 Å². The molecule has 0 radical (unpaired) electrons. The van der Waals surface area contributed by atoms with Gasteiger partial charge in [-0.25, -0.2) is 10.8 Å². The molecule has 0 spiro atoms. The second-order valence-electron chi connectivity index (χ2n) is 6.54. The Morgan fingerprint density at radius 2 is 1.94 bits per heavy atom. The summed E-state index contributed by atoms with van der Waals surface area (Å²) < 4.78 is 5.86. The van der Waals surface area contributed by atoms with E-state index >= 15 is 0 Å². The number of hydrazine groups is 1. The van der Waals surface area contributed by atoms with Crippen molar-refractivity contribution in [3.8, 4) is 5.75 Å². The number of nitrogens with one attached hydrogen (secondary N) is 1. The van der Waals surface area contributed by atoms with Gasteiger partial charge in [-0.05, 0) is 54.5 Å². The number of halogens is 1. The molecule has 0 aliphatic rings. The summed E-state index contributed by atoms with van der Waals surface area (Å²) in [4.78, 5) is 18.0. The van der Waals surface area contributed by atoms with E-state index in [-0.39, 0.29) is 5.91 Å². The van der Waals surface area contributed by atoms with Crippen LogP contribution in [0.1, 0.15) is 26.7 Å². The Morgan fingerprint density at radius 1 is 1.23 bits per heavy atom. The molecule has 0 aliphatic carbocycles. The fourth-order valence-corrected chi connectivity index (χ4v) is 3.76. The highest BCUT2D eigenvalue weighted by Gasteiger charge is 2.12. The van der Waals surface area contributed by atoms with Crippen LogP contribution in [0.15, 0.2) is 67.3 Å². The molecule has 2 aromatic carbocycles. The molecule has 1 aromatic heterocycles. The highest BCUT2D eigenvalue weighted by molar-refractivity contribution is 7.11. The van der Waals surface area contributed by atoms with E-state index in [4.69, 9.17) is 22.2 Å². The molecular weight excluding hydrogens is 430 g/mol. The number of aryl methyl sites for hydroxylation is 1. The Bertz CT molecular complexity index is 1120. The van der Waals surface area contributed by atoms with E-state index in [0.29, 0.717) is 28.5 Å². The first-order valence-corrected chi connectivity index (χ1v) is 10.7. The Balaban J connectivity index is 1.74. The van der Waals surface area contributed by atoms with Gasteiger partial charge in [0, 0.05) is 15.5 Å². The van der Waals surface area contributed by atoms with Crippen LogP contribution >= 0.6 is 22.9 Å². The first-order valence-electron chi connectivity index (χ1n) is 9.47. The number of thiazole rings is 1. The lowest BCUT2D eigenvalue weighted by molar-refractivity contribution is -0.115. The van der Waals surface area contributed by atoms with Gasteiger partial charge in [0.2, 0.25) is 0 Å². The summed E-state index contributed by atoms with van der Waals surface area (Å²) in [5.74, 6) is 5.66. The largest absolute Gasteiger partial charge is 0.486 e. The average Bonchev–Trinajstić information content (AvgIpc) is 3.15. The fraction of sp³-hybridized carbons (Fsp3) is 0.0833. The molecule has 0 atom stereocenters. The number of hydrogen-bond acceptors (Lipinski definition) is 5. The predicted molar refractivity (Wildman–Crippen MR) is 129 cm³/mol. The summed E-state index contributed by atoms with van der Waals surface area (Å²) >= 11 is 7.53. The van der Waals surface area contributed by atoms with Crippen LogP contribution in [0.2, 0.25) is 5.02 Å². The highest BCUT2D eigenvalue weighted by Crippen LogP contribution is 2.24. The molecule has 7 heteroatoms. The fourth-order valence-electron chi connectivity index (χ4n) is 2.80. The lowest BCUT2D eigenvalue weighted by Gasteiger charge is -2.09. The number of carbonyl (C=O) groups is 1. The van der Waals surface area contributed by atoms with Crippen molar-refractivity contribution >= 4 is 46.6 Å². The standard InChI is InChI=1S/C24H22ClN3O2S/c1-3-4-5-22-16(2)31-23(27-22)15-30-20-12-8-18(9-13-20)21(24(29)28-26)14-17-6-10-19(25)11-7-17/h3-14H,1,15,26H2,2H3,(H,28,29)/b5-4-,21-14+. The number of aromatic nitrogens is 1. The van der Waals surface area contributed by atoms with Crippen LogP contribution in [-0.2, 0) is 11.4 Å². The minimum absolute atomic E-state index is 0.365. The van der Waals surface area contributed by atoms with Gasteiger partial charge in [-0.2, -0.15) is 0 Å². The van der Waals surface area contributed by atoms with Crippen molar-refractivity contribution in [1.82, 2.24) is 10.4 Å². The molecule has 3 aromatic rings. The van der Waals surface area contributed by atoms with E-state index in [1.54, 1.807) is 35.6 Å². The van der Waals surface area contributed by atoms with Crippen LogP contribution < -0.4 is 16.0 Å². The van der Waals surface area contributed by atoms with Crippen molar-refractivity contribution in [2.75, 3.05) is 0 Å². The molecule has 0 aliphatic heterocycles. The normalized spacial score (nSPS) is 11.5. The van der Waals surface area contributed by atoms with Gasteiger partial charge in [-0.1, -0.05) is 54.6 Å². The summed E-state index contributed by atoms with van der Waals surface area (Å²) in [6.45, 7) is 6.06. The van der Waals surface area contributed by atoms with Gasteiger partial charge in [0.05, 0.1) is 5.69 Å². The van der Waals surface area contributed by atoms with Gasteiger partial charge in [-0.3, -0.25) is 10.2 Å². The zero-order valence-electron chi connectivity index (χ0n) is 17.0. The van der Waals surface area contributed by atoms with Crippen molar-refractivity contribution in [2.24, 2.45) is 5.84 Å². The topological polar surface area (TPSA) is 77.2 Å². The van der Waals surface area contributed by atoms with Gasteiger partial charge in [0.25, 0.3) is 5.91 Å². The van der Waals surface area contributed by atoms with E-state index in [1.807, 2.05) is 55.5 Å². The number of carbonyl (C=O) groups excluding carboxylic acids is 1. The maximum absolute atomic E-state index is 12.3. The van der Waals surface area contributed by atoms with Crippen molar-refractivity contribution in [3.63, 3.8) is 0 Å². The summed E-state index contributed by atoms with van der Waals surface area (Å²) in [5, 5.41) is 1.51. The van der Waals surface area contributed by atoms with E-state index < -0.39 is 0 Å². The van der Waals surface area contributed by atoms with Gasteiger partial charge < -0.3 is 4.74 Å². The number of ether oxygens (including phenoxy) is 1. The average molecular weight is 452 g/mol. The number of rotatable bonds is 8. The molecule has 3 N–H and O–H groups in total. The molecule has 31 heavy (non-hydrogen) atoms. The van der Waals surface area contributed by atoms with E-state index in [0.717, 1.165) is 21.1 Å². The summed E-state index contributed by atoms with van der Waals surface area (Å²) in [7, 11) is 0. The van der Waals surface area contributed by atoms with Crippen molar-refractivity contribution < 1.29 is 9.53 Å². The van der Waals surface area contributed by atoms with E-state index in [9.17, 15) is 4.79 Å². The van der Waals surface area contributed by atoms with Gasteiger partial charge in [-0.15, -0.1) is 11.3 Å². The number of benzene rings is 2. The van der Waals surface area contributed by atoms with Gasteiger partial charge in [0.1, 0.15) is 17.4 Å². The molecule has 158 valence electrons. The number of allylic oxidation sites excluding steroid dienone is 2. The third-order valence-electron chi connectivity index (χ3n) is 4.35. The van der Waals surface area contributed by atoms with Gasteiger partial charge in [0.15, 0.2) is 0 Å². The lowest BCUT2D eigenvalue weighted by atomic mass is 10.0. The molecule has 5 nitrogen and oxygen atoms in total. The quantitative estimate of drug-likeness (QED) is 0.120. The number of nitrogens with zero attached hydrogens (tertiary/aromatic N) is 1. The minimum atomic E-state index is -0.387. The van der Waals surface area contributed by atoms with Crippen molar-refractivity contribution in [1.29, 1.82) is 0 Å². The zero-order valence-corrected chi connectivity index (χ0v) is 18.5. The van der Waals surface area contributed by atoms with Crippen LogP contribution in [0.5, 0.6) is 5.75 Å². The maximum atomic E-state index is 12.3. The smallest absolute Gasteiger partial charge is 0.265 e. The van der Waals surface area contributed by atoms with E-state index in [1.165, 1.54) is 0 Å². The lowest BCUT2D eigenvalue weighted by Crippen LogP contribution is -2.30. The molecular formula is C24H22ClN3O2S. The summed E-state index contributed by atoms with van der Waals surface area (Å²) in [6, 6.07) is 14.5. The zero-order chi connectivity index (χ0) is 22.2. The van der Waals surface area contributed by atoms with Crippen LogP contribution in [0.3, 0.4) is 0 Å². The first-order chi connectivity index (χ1) is 15.0. The number of hydrogen-bond donors (Lipinski definition) is 2. The minimum Gasteiger partial charge on any atom is -0.486 e.